The molecule has 1 saturated heterocycles. The molecule has 2 rings (SSSR count). The van der Waals surface area contributed by atoms with Gasteiger partial charge < -0.3 is 9.47 Å². The van der Waals surface area contributed by atoms with Crippen molar-refractivity contribution in [2.45, 2.75) is 64.6 Å². The molecule has 1 heterocycles. The third-order valence-electron chi connectivity index (χ3n) is 4.19. The number of hydrogen-bond donors (Lipinski definition) is 0. The Labute approximate surface area is 99.7 Å². The Balaban J connectivity index is 1.72. The summed E-state index contributed by atoms with van der Waals surface area (Å²) in [6, 6.07) is 0. The molecule has 0 aromatic carbocycles. The van der Waals surface area contributed by atoms with Crippen LogP contribution in [0.3, 0.4) is 0 Å². The molecule has 2 unspecified atom stereocenters. The summed E-state index contributed by atoms with van der Waals surface area (Å²) in [5.74, 6) is 1.58. The van der Waals surface area contributed by atoms with Crippen LogP contribution < -0.4 is 0 Å². The van der Waals surface area contributed by atoms with Gasteiger partial charge in [0.25, 0.3) is 0 Å². The van der Waals surface area contributed by atoms with Crippen molar-refractivity contribution in [2.75, 3.05) is 13.2 Å². The van der Waals surface area contributed by atoms with E-state index in [-0.39, 0.29) is 0 Å². The van der Waals surface area contributed by atoms with E-state index in [2.05, 4.69) is 13.8 Å². The van der Waals surface area contributed by atoms with Crippen LogP contribution in [-0.4, -0.2) is 25.4 Å². The van der Waals surface area contributed by atoms with Crippen molar-refractivity contribution in [2.24, 2.45) is 11.8 Å². The molecule has 0 bridgehead atoms. The van der Waals surface area contributed by atoms with Gasteiger partial charge in [-0.3, -0.25) is 0 Å². The molecule has 16 heavy (non-hydrogen) atoms. The van der Waals surface area contributed by atoms with Crippen LogP contribution in [0.5, 0.6) is 0 Å². The summed E-state index contributed by atoms with van der Waals surface area (Å²) < 4.78 is 11.7. The zero-order valence-electron chi connectivity index (χ0n) is 10.8. The number of ether oxygens (including phenoxy) is 2. The van der Waals surface area contributed by atoms with Crippen LogP contribution >= 0.6 is 0 Å². The van der Waals surface area contributed by atoms with Crippen molar-refractivity contribution in [1.29, 1.82) is 0 Å². The maximum absolute atomic E-state index is 5.98. The summed E-state index contributed by atoms with van der Waals surface area (Å²) in [5.41, 5.74) is 0. The van der Waals surface area contributed by atoms with Crippen LogP contribution in [0, 0.1) is 11.8 Å². The maximum Gasteiger partial charge on any atom is 0.0603 e. The average molecular weight is 226 g/mol. The van der Waals surface area contributed by atoms with Crippen LogP contribution in [-0.2, 0) is 9.47 Å². The van der Waals surface area contributed by atoms with Gasteiger partial charge in [0.15, 0.2) is 0 Å². The second kappa shape index (κ2) is 6.02. The molecule has 2 aliphatic rings. The SMILES string of the molecule is CCOC1CCC(C2CCC(C)CO2)CC1. The maximum atomic E-state index is 5.98. The lowest BCUT2D eigenvalue weighted by molar-refractivity contribution is -0.0658. The second-order valence-electron chi connectivity index (χ2n) is 5.55. The summed E-state index contributed by atoms with van der Waals surface area (Å²) in [6.07, 6.45) is 8.83. The molecule has 0 amide bonds. The van der Waals surface area contributed by atoms with E-state index >= 15 is 0 Å². The number of hydrogen-bond acceptors (Lipinski definition) is 2. The van der Waals surface area contributed by atoms with Gasteiger partial charge in [-0.1, -0.05) is 6.92 Å². The molecule has 2 nitrogen and oxygen atoms in total. The molecule has 0 N–H and O–H groups in total. The van der Waals surface area contributed by atoms with Crippen LogP contribution in [0.1, 0.15) is 52.4 Å². The van der Waals surface area contributed by atoms with Crippen molar-refractivity contribution in [1.82, 2.24) is 0 Å². The smallest absolute Gasteiger partial charge is 0.0603 e. The van der Waals surface area contributed by atoms with E-state index in [0.29, 0.717) is 12.2 Å². The molecule has 0 aromatic rings. The molecule has 0 spiro atoms. The monoisotopic (exact) mass is 226 g/mol. The molecule has 2 atom stereocenters. The summed E-state index contributed by atoms with van der Waals surface area (Å²) in [7, 11) is 0. The van der Waals surface area contributed by atoms with Crippen molar-refractivity contribution >= 4 is 0 Å². The Morgan fingerprint density at radius 1 is 1.06 bits per heavy atom. The van der Waals surface area contributed by atoms with Crippen molar-refractivity contribution in [3.63, 3.8) is 0 Å². The van der Waals surface area contributed by atoms with Gasteiger partial charge in [0.2, 0.25) is 0 Å². The summed E-state index contributed by atoms with van der Waals surface area (Å²) in [5, 5.41) is 0. The van der Waals surface area contributed by atoms with E-state index in [0.717, 1.165) is 25.0 Å². The first-order chi connectivity index (χ1) is 7.79. The molecule has 0 radical (unpaired) electrons. The predicted molar refractivity (Wildman–Crippen MR) is 65.5 cm³/mol. The Morgan fingerprint density at radius 3 is 2.38 bits per heavy atom. The van der Waals surface area contributed by atoms with Gasteiger partial charge in [-0.05, 0) is 57.3 Å². The van der Waals surface area contributed by atoms with Gasteiger partial charge in [0.05, 0.1) is 12.2 Å². The highest BCUT2D eigenvalue weighted by atomic mass is 16.5. The first-order valence-corrected chi connectivity index (χ1v) is 7.02. The minimum atomic E-state index is 0.531. The summed E-state index contributed by atoms with van der Waals surface area (Å²) in [6.45, 7) is 6.24. The number of rotatable bonds is 3. The van der Waals surface area contributed by atoms with Gasteiger partial charge in [0.1, 0.15) is 0 Å². The molecule has 1 saturated carbocycles. The van der Waals surface area contributed by atoms with E-state index in [9.17, 15) is 0 Å². The fourth-order valence-corrected chi connectivity index (χ4v) is 3.14. The van der Waals surface area contributed by atoms with Crippen molar-refractivity contribution < 1.29 is 9.47 Å². The molecule has 94 valence electrons. The van der Waals surface area contributed by atoms with Gasteiger partial charge in [0, 0.05) is 13.2 Å². The van der Waals surface area contributed by atoms with Crippen LogP contribution in [0.2, 0.25) is 0 Å². The van der Waals surface area contributed by atoms with E-state index in [4.69, 9.17) is 9.47 Å². The summed E-state index contributed by atoms with van der Waals surface area (Å²) in [4.78, 5) is 0. The Hall–Kier alpha value is -0.0800. The highest BCUT2D eigenvalue weighted by Gasteiger charge is 2.30. The first-order valence-electron chi connectivity index (χ1n) is 7.02. The van der Waals surface area contributed by atoms with Crippen LogP contribution in [0.15, 0.2) is 0 Å². The fourth-order valence-electron chi connectivity index (χ4n) is 3.14. The van der Waals surface area contributed by atoms with Gasteiger partial charge in [-0.2, -0.15) is 0 Å². The zero-order valence-corrected chi connectivity index (χ0v) is 10.8. The van der Waals surface area contributed by atoms with Gasteiger partial charge >= 0.3 is 0 Å². The van der Waals surface area contributed by atoms with E-state index in [1.54, 1.807) is 0 Å². The predicted octanol–water partition coefficient (Wildman–Crippen LogP) is 3.40. The fraction of sp³-hybridized carbons (Fsp3) is 1.00. The highest BCUT2D eigenvalue weighted by Crippen LogP contribution is 2.34. The quantitative estimate of drug-likeness (QED) is 0.734. The molecule has 2 heteroatoms. The van der Waals surface area contributed by atoms with Crippen LogP contribution in [0.4, 0.5) is 0 Å². The molecule has 1 aliphatic carbocycles. The standard InChI is InChI=1S/C14H26O2/c1-3-15-13-7-5-12(6-8-13)14-9-4-11(2)10-16-14/h11-14H,3-10H2,1-2H3. The van der Waals surface area contributed by atoms with E-state index in [1.165, 1.54) is 38.5 Å². The minimum Gasteiger partial charge on any atom is -0.379 e. The Kier molecular flexibility index (Phi) is 4.66. The first kappa shape index (κ1) is 12.4. The lowest BCUT2D eigenvalue weighted by atomic mass is 9.80. The summed E-state index contributed by atoms with van der Waals surface area (Å²) >= 11 is 0. The molecule has 2 fully saturated rings. The molecular formula is C14H26O2. The normalized spacial score (nSPS) is 40.9. The van der Waals surface area contributed by atoms with Crippen molar-refractivity contribution in [3.8, 4) is 0 Å². The molecule has 0 aromatic heterocycles. The van der Waals surface area contributed by atoms with Crippen molar-refractivity contribution in [3.05, 3.63) is 0 Å². The zero-order chi connectivity index (χ0) is 11.4. The second-order valence-corrected chi connectivity index (χ2v) is 5.55. The lowest BCUT2D eigenvalue weighted by Crippen LogP contribution is -2.34. The molecule has 1 aliphatic heterocycles. The average Bonchev–Trinajstić information content (AvgIpc) is 2.32. The Bertz CT molecular complexity index is 189. The molecular weight excluding hydrogens is 200 g/mol. The third kappa shape index (κ3) is 3.21. The largest absolute Gasteiger partial charge is 0.379 e. The van der Waals surface area contributed by atoms with E-state index < -0.39 is 0 Å². The third-order valence-corrected chi connectivity index (χ3v) is 4.19. The minimum absolute atomic E-state index is 0.531. The lowest BCUT2D eigenvalue weighted by Gasteiger charge is -2.37. The van der Waals surface area contributed by atoms with Gasteiger partial charge in [-0.15, -0.1) is 0 Å². The van der Waals surface area contributed by atoms with E-state index in [1.807, 2.05) is 0 Å². The van der Waals surface area contributed by atoms with Gasteiger partial charge in [-0.25, -0.2) is 0 Å². The topological polar surface area (TPSA) is 18.5 Å². The highest BCUT2D eigenvalue weighted by molar-refractivity contribution is 4.81. The Morgan fingerprint density at radius 2 is 1.81 bits per heavy atom. The van der Waals surface area contributed by atoms with Crippen LogP contribution in [0.25, 0.3) is 0 Å².